The molecule has 0 N–H and O–H groups in total. The Kier molecular flexibility index (Phi) is 46.5. The number of carbonyl (C=O) groups excluding carboxylic acids is 3. The molecule has 0 amide bonds. The summed E-state index contributed by atoms with van der Waals surface area (Å²) >= 11 is 0. The lowest BCUT2D eigenvalue weighted by Crippen LogP contribution is -2.30. The zero-order valence-electron chi connectivity index (χ0n) is 39.7. The number of ether oxygens (including phenoxy) is 3. The molecular weight excluding hydrogens is 757 g/mol. The van der Waals surface area contributed by atoms with Crippen LogP contribution in [0.1, 0.15) is 226 Å². The van der Waals surface area contributed by atoms with E-state index in [-0.39, 0.29) is 37.5 Å². The average Bonchev–Trinajstić information content (AvgIpc) is 3.26. The van der Waals surface area contributed by atoms with E-state index < -0.39 is 6.10 Å². The van der Waals surface area contributed by atoms with E-state index >= 15 is 0 Å². The molecule has 6 heteroatoms. The molecule has 0 saturated carbocycles. The van der Waals surface area contributed by atoms with Gasteiger partial charge in [0.2, 0.25) is 0 Å². The van der Waals surface area contributed by atoms with Crippen LogP contribution in [0.3, 0.4) is 0 Å². The molecule has 6 nitrogen and oxygen atoms in total. The minimum absolute atomic E-state index is 0.0983. The van der Waals surface area contributed by atoms with E-state index in [0.717, 1.165) is 96.3 Å². The summed E-state index contributed by atoms with van der Waals surface area (Å²) in [6.45, 7) is 6.42. The van der Waals surface area contributed by atoms with Gasteiger partial charge in [0, 0.05) is 19.3 Å². The number of hydrogen-bond acceptors (Lipinski definition) is 6. The molecule has 0 aliphatic heterocycles. The molecule has 0 bridgehead atoms. The number of unbranched alkanes of at least 4 members (excludes halogenated alkanes) is 19. The summed E-state index contributed by atoms with van der Waals surface area (Å²) < 4.78 is 16.7. The minimum Gasteiger partial charge on any atom is -0.462 e. The van der Waals surface area contributed by atoms with E-state index in [1.807, 2.05) is 0 Å². The maximum absolute atomic E-state index is 12.8. The van der Waals surface area contributed by atoms with Crippen LogP contribution < -0.4 is 0 Å². The summed E-state index contributed by atoms with van der Waals surface area (Å²) in [5.74, 6) is -0.974. The van der Waals surface area contributed by atoms with Crippen molar-refractivity contribution in [3.8, 4) is 0 Å². The highest BCUT2D eigenvalue weighted by Crippen LogP contribution is 2.14. The molecular formula is C55H92O6. The van der Waals surface area contributed by atoms with Crippen LogP contribution in [0.4, 0.5) is 0 Å². The van der Waals surface area contributed by atoms with E-state index in [1.54, 1.807) is 0 Å². The second kappa shape index (κ2) is 49.2. The molecule has 0 aromatic rings. The van der Waals surface area contributed by atoms with Gasteiger partial charge in [-0.05, 0) is 89.9 Å². The van der Waals surface area contributed by atoms with Gasteiger partial charge in [0.05, 0.1) is 0 Å². The normalized spacial score (nSPS) is 12.8. The molecule has 0 saturated heterocycles. The Hall–Kier alpha value is -3.41. The van der Waals surface area contributed by atoms with Crippen LogP contribution in [0.5, 0.6) is 0 Å². The first kappa shape index (κ1) is 57.6. The number of carbonyl (C=O) groups is 3. The predicted octanol–water partition coefficient (Wildman–Crippen LogP) is 16.4. The molecule has 0 fully saturated rings. The van der Waals surface area contributed by atoms with Crippen LogP contribution >= 0.6 is 0 Å². The fraction of sp³-hybridized carbons (Fsp3) is 0.691. The molecule has 0 aliphatic carbocycles. The SMILES string of the molecule is CC/C=C\C/C=C\C/C=C\CCCCCCCCC(=O)OC(COC(=O)CCC/C=C\C/C=C\C/C=C\C/C=C\CCCCC)COC(=O)CCCCCCCCCCCC. The van der Waals surface area contributed by atoms with E-state index in [1.165, 1.54) is 83.5 Å². The number of allylic oxidation sites excluding steroid dienone is 14. The highest BCUT2D eigenvalue weighted by molar-refractivity contribution is 5.71. The zero-order chi connectivity index (χ0) is 44.4. The second-order valence-corrected chi connectivity index (χ2v) is 16.3. The van der Waals surface area contributed by atoms with Crippen molar-refractivity contribution in [1.29, 1.82) is 0 Å². The second-order valence-electron chi connectivity index (χ2n) is 16.3. The minimum atomic E-state index is -0.803. The smallest absolute Gasteiger partial charge is 0.306 e. The van der Waals surface area contributed by atoms with Crippen molar-refractivity contribution in [1.82, 2.24) is 0 Å². The average molecular weight is 849 g/mol. The van der Waals surface area contributed by atoms with Crippen LogP contribution in [0.2, 0.25) is 0 Å². The van der Waals surface area contributed by atoms with Gasteiger partial charge in [-0.3, -0.25) is 14.4 Å². The van der Waals surface area contributed by atoms with Crippen molar-refractivity contribution in [2.75, 3.05) is 13.2 Å². The Morgan fingerprint density at radius 3 is 1.10 bits per heavy atom. The van der Waals surface area contributed by atoms with Crippen molar-refractivity contribution in [3.05, 3.63) is 85.1 Å². The van der Waals surface area contributed by atoms with Gasteiger partial charge in [-0.2, -0.15) is 0 Å². The van der Waals surface area contributed by atoms with Crippen LogP contribution in [-0.2, 0) is 28.6 Å². The molecule has 61 heavy (non-hydrogen) atoms. The lowest BCUT2D eigenvalue weighted by molar-refractivity contribution is -0.167. The molecule has 0 aliphatic rings. The lowest BCUT2D eigenvalue weighted by atomic mass is 10.1. The van der Waals surface area contributed by atoms with Gasteiger partial charge in [-0.25, -0.2) is 0 Å². The van der Waals surface area contributed by atoms with E-state index in [2.05, 4.69) is 106 Å². The molecule has 0 aromatic heterocycles. The Bertz CT molecular complexity index is 1200. The van der Waals surface area contributed by atoms with E-state index in [9.17, 15) is 14.4 Å². The fourth-order valence-electron chi connectivity index (χ4n) is 6.62. The number of esters is 3. The summed E-state index contributed by atoms with van der Waals surface area (Å²) in [6, 6.07) is 0. The molecule has 0 radical (unpaired) electrons. The van der Waals surface area contributed by atoms with Gasteiger partial charge in [-0.1, -0.05) is 202 Å². The highest BCUT2D eigenvalue weighted by Gasteiger charge is 2.19. The van der Waals surface area contributed by atoms with Gasteiger partial charge < -0.3 is 14.2 Å². The van der Waals surface area contributed by atoms with Crippen LogP contribution in [0.25, 0.3) is 0 Å². The summed E-state index contributed by atoms with van der Waals surface area (Å²) in [5, 5.41) is 0. The van der Waals surface area contributed by atoms with Crippen molar-refractivity contribution in [2.45, 2.75) is 232 Å². The zero-order valence-corrected chi connectivity index (χ0v) is 39.7. The van der Waals surface area contributed by atoms with E-state index in [4.69, 9.17) is 14.2 Å². The van der Waals surface area contributed by atoms with Crippen LogP contribution in [-0.4, -0.2) is 37.2 Å². The fourth-order valence-corrected chi connectivity index (χ4v) is 6.62. The first-order chi connectivity index (χ1) is 30.0. The monoisotopic (exact) mass is 849 g/mol. The van der Waals surface area contributed by atoms with Gasteiger partial charge in [0.15, 0.2) is 6.10 Å². The standard InChI is InChI=1S/C55H92O6/c1-4-7-10-13-16-19-22-24-26-28-30-31-33-36-39-42-45-48-54(57)60-51-52(50-59-53(56)47-44-41-38-35-21-18-15-12-9-6-3)61-55(58)49-46-43-40-37-34-32-29-27-25-23-20-17-14-11-8-5-2/h8,11,16-17,19-20,24-27,30-31,36,39,52H,4-7,9-10,12-15,18,21-23,28-29,32-35,37-38,40-51H2,1-3H3/b11-8-,19-16-,20-17-,26-24-,27-25-,31-30-,39-36-. The Balaban J connectivity index is 4.47. The Labute approximate surface area is 375 Å². The third-order valence-electron chi connectivity index (χ3n) is 10.4. The molecule has 1 unspecified atom stereocenters. The van der Waals surface area contributed by atoms with E-state index in [0.29, 0.717) is 19.3 Å². The summed E-state index contributed by atoms with van der Waals surface area (Å²) in [7, 11) is 0. The maximum Gasteiger partial charge on any atom is 0.306 e. The van der Waals surface area contributed by atoms with Gasteiger partial charge >= 0.3 is 17.9 Å². The van der Waals surface area contributed by atoms with Crippen molar-refractivity contribution < 1.29 is 28.6 Å². The van der Waals surface area contributed by atoms with Crippen LogP contribution in [0, 0.1) is 0 Å². The molecule has 0 rings (SSSR count). The Morgan fingerprint density at radius 2 is 0.656 bits per heavy atom. The maximum atomic E-state index is 12.8. The predicted molar refractivity (Wildman–Crippen MR) is 261 cm³/mol. The third-order valence-corrected chi connectivity index (χ3v) is 10.4. The van der Waals surface area contributed by atoms with Gasteiger partial charge in [-0.15, -0.1) is 0 Å². The molecule has 348 valence electrons. The first-order valence-electron chi connectivity index (χ1n) is 25.1. The Morgan fingerprint density at radius 1 is 0.344 bits per heavy atom. The van der Waals surface area contributed by atoms with Crippen molar-refractivity contribution >= 4 is 17.9 Å². The molecule has 0 aromatic carbocycles. The summed E-state index contributed by atoms with van der Waals surface area (Å²) in [4.78, 5) is 37.9. The van der Waals surface area contributed by atoms with Crippen molar-refractivity contribution in [3.63, 3.8) is 0 Å². The van der Waals surface area contributed by atoms with Gasteiger partial charge in [0.1, 0.15) is 13.2 Å². The molecule has 0 heterocycles. The van der Waals surface area contributed by atoms with Crippen LogP contribution in [0.15, 0.2) is 85.1 Å². The number of hydrogen-bond donors (Lipinski definition) is 0. The lowest BCUT2D eigenvalue weighted by Gasteiger charge is -2.18. The summed E-state index contributed by atoms with van der Waals surface area (Å²) in [6.07, 6.45) is 62.8. The highest BCUT2D eigenvalue weighted by atomic mass is 16.6. The quantitative estimate of drug-likeness (QED) is 0.0263. The third kappa shape index (κ3) is 47.5. The largest absolute Gasteiger partial charge is 0.462 e. The topological polar surface area (TPSA) is 78.9 Å². The molecule has 1 atom stereocenters. The first-order valence-corrected chi connectivity index (χ1v) is 25.1. The van der Waals surface area contributed by atoms with Gasteiger partial charge in [0.25, 0.3) is 0 Å². The molecule has 0 spiro atoms. The number of rotatable bonds is 44. The summed E-state index contributed by atoms with van der Waals surface area (Å²) in [5.41, 5.74) is 0. The van der Waals surface area contributed by atoms with Crippen molar-refractivity contribution in [2.24, 2.45) is 0 Å².